The average molecular weight is 262 g/mol. The summed E-state index contributed by atoms with van der Waals surface area (Å²) >= 11 is 0. The third-order valence-electron chi connectivity index (χ3n) is 3.52. The fourth-order valence-electron chi connectivity index (χ4n) is 2.45. The molecule has 2 rings (SSSR count). The first-order valence-electron chi connectivity index (χ1n) is 7.53. The summed E-state index contributed by atoms with van der Waals surface area (Å²) in [4.78, 5) is 2.55. The van der Waals surface area contributed by atoms with E-state index in [-0.39, 0.29) is 0 Å². The zero-order valence-electron chi connectivity index (χ0n) is 12.0. The number of nitrogens with one attached hydrogen (secondary N) is 1. The molecule has 1 aromatic rings. The molecule has 0 bridgehead atoms. The van der Waals surface area contributed by atoms with E-state index in [2.05, 4.69) is 41.4 Å². The molecule has 0 atom stereocenters. The van der Waals surface area contributed by atoms with Crippen LogP contribution < -0.4 is 10.1 Å². The number of nitrogens with zero attached hydrogens (tertiary/aromatic N) is 1. The quantitative estimate of drug-likeness (QED) is 0.816. The first kappa shape index (κ1) is 14.4. The maximum absolute atomic E-state index is 5.67. The highest BCUT2D eigenvalue weighted by Crippen LogP contribution is 2.15. The second kappa shape index (κ2) is 8.18. The van der Waals surface area contributed by atoms with Gasteiger partial charge in [-0.25, -0.2) is 0 Å². The van der Waals surface area contributed by atoms with Crippen molar-refractivity contribution in [1.82, 2.24) is 10.2 Å². The van der Waals surface area contributed by atoms with Crippen molar-refractivity contribution in [3.63, 3.8) is 0 Å². The van der Waals surface area contributed by atoms with Crippen LogP contribution in [0.15, 0.2) is 24.3 Å². The predicted octanol–water partition coefficient (Wildman–Crippen LogP) is 2.31. The molecule has 0 radical (unpaired) electrons. The summed E-state index contributed by atoms with van der Waals surface area (Å²) in [6, 6.07) is 8.55. The fourth-order valence-corrected chi connectivity index (χ4v) is 2.45. The number of benzene rings is 1. The lowest BCUT2D eigenvalue weighted by Gasteiger charge is -2.27. The summed E-state index contributed by atoms with van der Waals surface area (Å²) in [7, 11) is 0. The van der Waals surface area contributed by atoms with Crippen LogP contribution in [0.4, 0.5) is 0 Å². The molecule has 0 spiro atoms. The number of hydrogen-bond acceptors (Lipinski definition) is 3. The molecule has 1 saturated heterocycles. The van der Waals surface area contributed by atoms with Crippen molar-refractivity contribution in [2.45, 2.75) is 26.2 Å². The highest BCUT2D eigenvalue weighted by Gasteiger charge is 2.08. The highest BCUT2D eigenvalue weighted by molar-refractivity contribution is 5.28. The molecule has 1 aliphatic rings. The van der Waals surface area contributed by atoms with Gasteiger partial charge in [0.05, 0.1) is 6.61 Å². The van der Waals surface area contributed by atoms with E-state index >= 15 is 0 Å². The minimum Gasteiger partial charge on any atom is -0.494 e. The van der Waals surface area contributed by atoms with Gasteiger partial charge in [0.15, 0.2) is 0 Å². The molecule has 1 N–H and O–H groups in total. The van der Waals surface area contributed by atoms with Gasteiger partial charge in [-0.1, -0.05) is 19.1 Å². The Bertz CT molecular complexity index is 362. The first-order chi connectivity index (χ1) is 9.38. The van der Waals surface area contributed by atoms with Crippen molar-refractivity contribution >= 4 is 0 Å². The van der Waals surface area contributed by atoms with Gasteiger partial charge in [-0.15, -0.1) is 0 Å². The fraction of sp³-hybridized carbons (Fsp3) is 0.625. The molecule has 3 heteroatoms. The van der Waals surface area contributed by atoms with Gasteiger partial charge in [0.2, 0.25) is 0 Å². The molecule has 0 aromatic heterocycles. The summed E-state index contributed by atoms with van der Waals surface area (Å²) in [5, 5.41) is 3.39. The molecular weight excluding hydrogens is 236 g/mol. The maximum Gasteiger partial charge on any atom is 0.119 e. The van der Waals surface area contributed by atoms with Crippen LogP contribution in [-0.4, -0.2) is 44.2 Å². The van der Waals surface area contributed by atoms with Crippen molar-refractivity contribution in [2.75, 3.05) is 39.3 Å². The minimum atomic E-state index is 0.810. The van der Waals surface area contributed by atoms with Crippen LogP contribution in [0.3, 0.4) is 0 Å². The third kappa shape index (κ3) is 5.21. The molecule has 106 valence electrons. The van der Waals surface area contributed by atoms with Gasteiger partial charge in [0.25, 0.3) is 0 Å². The Kier molecular flexibility index (Phi) is 6.18. The Morgan fingerprint density at radius 3 is 2.89 bits per heavy atom. The smallest absolute Gasteiger partial charge is 0.119 e. The molecule has 0 amide bonds. The van der Waals surface area contributed by atoms with Crippen molar-refractivity contribution in [1.29, 1.82) is 0 Å². The van der Waals surface area contributed by atoms with Crippen LogP contribution in [0.5, 0.6) is 5.75 Å². The highest BCUT2D eigenvalue weighted by atomic mass is 16.5. The Balaban J connectivity index is 1.72. The molecule has 3 nitrogen and oxygen atoms in total. The largest absolute Gasteiger partial charge is 0.494 e. The normalized spacial score (nSPS) is 16.5. The molecule has 1 aromatic carbocycles. The van der Waals surface area contributed by atoms with Crippen molar-refractivity contribution in [2.24, 2.45) is 0 Å². The first-order valence-corrected chi connectivity index (χ1v) is 7.53. The monoisotopic (exact) mass is 262 g/mol. The van der Waals surface area contributed by atoms with Crippen LogP contribution in [-0.2, 0) is 6.42 Å². The van der Waals surface area contributed by atoms with Crippen LogP contribution in [0.2, 0.25) is 0 Å². The third-order valence-corrected chi connectivity index (χ3v) is 3.52. The summed E-state index contributed by atoms with van der Waals surface area (Å²) in [5.74, 6) is 1.02. The van der Waals surface area contributed by atoms with Crippen LogP contribution >= 0.6 is 0 Å². The van der Waals surface area contributed by atoms with Crippen molar-refractivity contribution in [3.8, 4) is 5.75 Å². The topological polar surface area (TPSA) is 24.5 Å². The van der Waals surface area contributed by atoms with E-state index in [1.165, 1.54) is 31.6 Å². The number of piperazine rings is 1. The summed E-state index contributed by atoms with van der Waals surface area (Å²) in [5.41, 5.74) is 1.39. The van der Waals surface area contributed by atoms with Gasteiger partial charge < -0.3 is 15.0 Å². The molecule has 19 heavy (non-hydrogen) atoms. The minimum absolute atomic E-state index is 0.810. The van der Waals surface area contributed by atoms with Gasteiger partial charge in [0.1, 0.15) is 5.75 Å². The van der Waals surface area contributed by atoms with E-state index in [4.69, 9.17) is 4.74 Å². The molecule has 0 saturated carbocycles. The second-order valence-electron chi connectivity index (χ2n) is 5.19. The molecule has 0 unspecified atom stereocenters. The lowest BCUT2D eigenvalue weighted by atomic mass is 10.1. The number of ether oxygens (including phenoxy) is 1. The van der Waals surface area contributed by atoms with E-state index in [0.29, 0.717) is 0 Å². The van der Waals surface area contributed by atoms with E-state index in [9.17, 15) is 0 Å². The second-order valence-corrected chi connectivity index (χ2v) is 5.19. The van der Waals surface area contributed by atoms with Gasteiger partial charge in [-0.3, -0.25) is 0 Å². The zero-order valence-corrected chi connectivity index (χ0v) is 12.0. The molecule has 1 heterocycles. The van der Waals surface area contributed by atoms with Gasteiger partial charge in [-0.05, 0) is 43.5 Å². The van der Waals surface area contributed by atoms with Gasteiger partial charge >= 0.3 is 0 Å². The average Bonchev–Trinajstić information content (AvgIpc) is 2.47. The van der Waals surface area contributed by atoms with Gasteiger partial charge in [0, 0.05) is 26.2 Å². The van der Waals surface area contributed by atoms with E-state index in [1.54, 1.807) is 0 Å². The number of hydrogen-bond donors (Lipinski definition) is 1. The van der Waals surface area contributed by atoms with Crippen molar-refractivity contribution in [3.05, 3.63) is 29.8 Å². The predicted molar refractivity (Wildman–Crippen MR) is 79.9 cm³/mol. The SMILES string of the molecule is CCCOc1cccc(CCCN2CCNCC2)c1. The van der Waals surface area contributed by atoms with Crippen LogP contribution in [0, 0.1) is 0 Å². The number of rotatable bonds is 7. The standard InChI is InChI=1S/C16H26N2O/c1-2-13-19-16-7-3-5-15(14-16)6-4-10-18-11-8-17-9-12-18/h3,5,7,14,17H,2,4,6,8-13H2,1H3. The Morgan fingerprint density at radius 1 is 1.26 bits per heavy atom. The lowest BCUT2D eigenvalue weighted by molar-refractivity contribution is 0.238. The van der Waals surface area contributed by atoms with E-state index in [0.717, 1.165) is 38.3 Å². The maximum atomic E-state index is 5.67. The Labute approximate surface area is 116 Å². The van der Waals surface area contributed by atoms with Crippen LogP contribution in [0.25, 0.3) is 0 Å². The molecule has 1 fully saturated rings. The summed E-state index contributed by atoms with van der Waals surface area (Å²) in [6.45, 7) is 8.82. The lowest BCUT2D eigenvalue weighted by Crippen LogP contribution is -2.43. The summed E-state index contributed by atoms with van der Waals surface area (Å²) in [6.07, 6.45) is 3.44. The Morgan fingerprint density at radius 2 is 2.11 bits per heavy atom. The zero-order chi connectivity index (χ0) is 13.3. The summed E-state index contributed by atoms with van der Waals surface area (Å²) < 4.78 is 5.67. The van der Waals surface area contributed by atoms with Gasteiger partial charge in [-0.2, -0.15) is 0 Å². The Hall–Kier alpha value is -1.06. The van der Waals surface area contributed by atoms with E-state index < -0.39 is 0 Å². The van der Waals surface area contributed by atoms with Crippen LogP contribution in [0.1, 0.15) is 25.3 Å². The number of aryl methyl sites for hydroxylation is 1. The molecule has 0 aliphatic carbocycles. The molecule has 1 aliphatic heterocycles. The molecular formula is C16H26N2O. The van der Waals surface area contributed by atoms with E-state index in [1.807, 2.05) is 0 Å². The van der Waals surface area contributed by atoms with Crippen molar-refractivity contribution < 1.29 is 4.74 Å².